The second-order valence-corrected chi connectivity index (χ2v) is 4.61. The highest BCUT2D eigenvalue weighted by atomic mass is 35.5. The van der Waals surface area contributed by atoms with Crippen LogP contribution in [0.4, 0.5) is 17.6 Å². The molecule has 0 saturated heterocycles. The molecule has 8 heteroatoms. The van der Waals surface area contributed by atoms with E-state index >= 15 is 0 Å². The molecule has 2 rings (SSSR count). The van der Waals surface area contributed by atoms with Crippen LogP contribution in [0.1, 0.15) is 5.56 Å². The number of rotatable bonds is 3. The van der Waals surface area contributed by atoms with E-state index in [1.165, 1.54) is 30.3 Å². The lowest BCUT2D eigenvalue weighted by Crippen LogP contribution is -2.18. The quantitative estimate of drug-likeness (QED) is 0.792. The Morgan fingerprint density at radius 1 is 1.09 bits per heavy atom. The van der Waals surface area contributed by atoms with Crippen molar-refractivity contribution >= 4 is 24.0 Å². The molecule has 0 amide bonds. The maximum atomic E-state index is 13.3. The van der Waals surface area contributed by atoms with Gasteiger partial charge in [0.15, 0.2) is 0 Å². The molecule has 0 aromatic heterocycles. The van der Waals surface area contributed by atoms with E-state index in [0.717, 1.165) is 6.07 Å². The molecule has 22 heavy (non-hydrogen) atoms. The minimum atomic E-state index is -4.80. The molecular formula is C14H11Cl2F4NO. The van der Waals surface area contributed by atoms with Crippen molar-refractivity contribution in [1.29, 1.82) is 0 Å². The normalized spacial score (nSPS) is 11.0. The molecule has 2 nitrogen and oxygen atoms in total. The van der Waals surface area contributed by atoms with Crippen LogP contribution < -0.4 is 10.5 Å². The highest BCUT2D eigenvalue weighted by Gasteiger charge is 2.32. The van der Waals surface area contributed by atoms with Gasteiger partial charge in [-0.3, -0.25) is 0 Å². The number of benzene rings is 2. The zero-order chi connectivity index (χ0) is 15.6. The second kappa shape index (κ2) is 7.17. The van der Waals surface area contributed by atoms with E-state index in [0.29, 0.717) is 11.1 Å². The molecule has 0 aliphatic rings. The van der Waals surface area contributed by atoms with Crippen LogP contribution in [-0.4, -0.2) is 6.36 Å². The van der Waals surface area contributed by atoms with E-state index in [-0.39, 0.29) is 35.3 Å². The standard InChI is InChI=1S/C14H10ClF4NO.ClH/c15-12-3-2-10(16)6-11(12)8-1-4-13(9(5-8)7-20)21-14(17,18)19;/h1-6H,7,20H2;1H. The molecule has 2 aromatic rings. The van der Waals surface area contributed by atoms with E-state index in [4.69, 9.17) is 17.3 Å². The highest BCUT2D eigenvalue weighted by molar-refractivity contribution is 6.33. The lowest BCUT2D eigenvalue weighted by Gasteiger charge is -2.14. The number of nitrogens with two attached hydrogens (primary N) is 1. The van der Waals surface area contributed by atoms with Gasteiger partial charge in [0.1, 0.15) is 11.6 Å². The zero-order valence-corrected chi connectivity index (χ0v) is 12.5. The molecule has 0 aliphatic carbocycles. The van der Waals surface area contributed by atoms with Crippen molar-refractivity contribution in [2.45, 2.75) is 12.9 Å². The van der Waals surface area contributed by atoms with Crippen LogP contribution in [-0.2, 0) is 6.54 Å². The first-order valence-electron chi connectivity index (χ1n) is 5.84. The monoisotopic (exact) mass is 355 g/mol. The fourth-order valence-corrected chi connectivity index (χ4v) is 2.08. The van der Waals surface area contributed by atoms with Crippen molar-refractivity contribution in [2.75, 3.05) is 0 Å². The Hall–Kier alpha value is -1.50. The minimum Gasteiger partial charge on any atom is -0.405 e. The molecule has 0 fully saturated rings. The van der Waals surface area contributed by atoms with E-state index < -0.39 is 12.2 Å². The molecule has 120 valence electrons. The molecule has 0 radical (unpaired) electrons. The second-order valence-electron chi connectivity index (χ2n) is 4.20. The Morgan fingerprint density at radius 2 is 1.77 bits per heavy atom. The van der Waals surface area contributed by atoms with E-state index in [1.54, 1.807) is 0 Å². The van der Waals surface area contributed by atoms with Crippen LogP contribution in [0.3, 0.4) is 0 Å². The maximum Gasteiger partial charge on any atom is 0.573 e. The van der Waals surface area contributed by atoms with Gasteiger partial charge in [-0.05, 0) is 35.9 Å². The van der Waals surface area contributed by atoms with Crippen molar-refractivity contribution in [1.82, 2.24) is 0 Å². The summed E-state index contributed by atoms with van der Waals surface area (Å²) in [5, 5.41) is 0.281. The number of ether oxygens (including phenoxy) is 1. The summed E-state index contributed by atoms with van der Waals surface area (Å²) in [7, 11) is 0. The van der Waals surface area contributed by atoms with Crippen molar-refractivity contribution in [3.8, 4) is 16.9 Å². The van der Waals surface area contributed by atoms with Gasteiger partial charge in [-0.1, -0.05) is 17.7 Å². The lowest BCUT2D eigenvalue weighted by molar-refractivity contribution is -0.274. The van der Waals surface area contributed by atoms with Gasteiger partial charge >= 0.3 is 6.36 Å². The molecule has 2 N–H and O–H groups in total. The van der Waals surface area contributed by atoms with E-state index in [2.05, 4.69) is 4.74 Å². The van der Waals surface area contributed by atoms with Crippen molar-refractivity contribution < 1.29 is 22.3 Å². The summed E-state index contributed by atoms with van der Waals surface area (Å²) in [4.78, 5) is 0. The molecule has 0 spiro atoms. The minimum absolute atomic E-state index is 0. The van der Waals surface area contributed by atoms with Crippen LogP contribution in [0.2, 0.25) is 5.02 Å². The largest absolute Gasteiger partial charge is 0.573 e. The van der Waals surface area contributed by atoms with Gasteiger partial charge in [0.05, 0.1) is 0 Å². The number of alkyl halides is 3. The fourth-order valence-electron chi connectivity index (χ4n) is 1.85. The number of hydrogen-bond acceptors (Lipinski definition) is 2. The van der Waals surface area contributed by atoms with E-state index in [1.807, 2.05) is 0 Å². The van der Waals surface area contributed by atoms with Crippen molar-refractivity contribution in [3.05, 3.63) is 52.8 Å². The Labute approximate surface area is 135 Å². The van der Waals surface area contributed by atoms with Crippen molar-refractivity contribution in [3.63, 3.8) is 0 Å². The molecule has 0 saturated carbocycles. The third kappa shape index (κ3) is 4.50. The molecule has 2 aromatic carbocycles. The lowest BCUT2D eigenvalue weighted by atomic mass is 10.0. The van der Waals surface area contributed by atoms with Crippen LogP contribution in [0.15, 0.2) is 36.4 Å². The SMILES string of the molecule is Cl.NCc1cc(-c2cc(F)ccc2Cl)ccc1OC(F)(F)F. The zero-order valence-electron chi connectivity index (χ0n) is 11.0. The average molecular weight is 356 g/mol. The molecule has 0 aliphatic heterocycles. The highest BCUT2D eigenvalue weighted by Crippen LogP contribution is 2.33. The molecule has 0 unspecified atom stereocenters. The van der Waals surface area contributed by atoms with Crippen LogP contribution in [0, 0.1) is 5.82 Å². The summed E-state index contributed by atoms with van der Waals surface area (Å²) >= 11 is 5.96. The number of hydrogen-bond donors (Lipinski definition) is 1. The molecule has 0 atom stereocenters. The maximum absolute atomic E-state index is 13.3. The molecular weight excluding hydrogens is 345 g/mol. The first-order chi connectivity index (χ1) is 9.80. The van der Waals surface area contributed by atoms with Gasteiger partial charge in [0.2, 0.25) is 0 Å². The fraction of sp³-hybridized carbons (Fsp3) is 0.143. The summed E-state index contributed by atoms with van der Waals surface area (Å²) in [6.45, 7) is -0.161. The van der Waals surface area contributed by atoms with Crippen LogP contribution >= 0.6 is 24.0 Å². The Kier molecular flexibility index (Phi) is 6.05. The smallest absolute Gasteiger partial charge is 0.405 e. The van der Waals surface area contributed by atoms with Gasteiger partial charge in [-0.25, -0.2) is 4.39 Å². The third-order valence-corrected chi connectivity index (χ3v) is 3.08. The Bertz CT molecular complexity index is 662. The topological polar surface area (TPSA) is 35.2 Å². The molecule has 0 heterocycles. The Morgan fingerprint density at radius 3 is 2.36 bits per heavy atom. The predicted octanol–water partition coefficient (Wildman–Crippen LogP) is 4.93. The summed E-state index contributed by atoms with van der Waals surface area (Å²) < 4.78 is 53.9. The van der Waals surface area contributed by atoms with Gasteiger partial charge in [0, 0.05) is 22.7 Å². The third-order valence-electron chi connectivity index (χ3n) is 2.75. The Balaban J connectivity index is 0.00000242. The summed E-state index contributed by atoms with van der Waals surface area (Å²) in [6, 6.07) is 7.64. The average Bonchev–Trinajstić information content (AvgIpc) is 2.40. The first kappa shape index (κ1) is 18.5. The van der Waals surface area contributed by atoms with Crippen LogP contribution in [0.5, 0.6) is 5.75 Å². The summed E-state index contributed by atoms with van der Waals surface area (Å²) in [6.07, 6.45) is -4.80. The van der Waals surface area contributed by atoms with Gasteiger partial charge in [-0.15, -0.1) is 25.6 Å². The van der Waals surface area contributed by atoms with Gasteiger partial charge < -0.3 is 10.5 Å². The van der Waals surface area contributed by atoms with E-state index in [9.17, 15) is 17.6 Å². The van der Waals surface area contributed by atoms with Crippen LogP contribution in [0.25, 0.3) is 11.1 Å². The predicted molar refractivity (Wildman–Crippen MR) is 78.7 cm³/mol. The van der Waals surface area contributed by atoms with Gasteiger partial charge in [0.25, 0.3) is 0 Å². The summed E-state index contributed by atoms with van der Waals surface area (Å²) in [5.74, 6) is -0.888. The first-order valence-corrected chi connectivity index (χ1v) is 6.22. The number of halogens is 6. The summed E-state index contributed by atoms with van der Waals surface area (Å²) in [5.41, 5.74) is 6.39. The van der Waals surface area contributed by atoms with Crippen molar-refractivity contribution in [2.24, 2.45) is 5.73 Å². The molecule has 0 bridgehead atoms. The van der Waals surface area contributed by atoms with Gasteiger partial charge in [-0.2, -0.15) is 0 Å².